The fraction of sp³-hybridized carbons (Fsp3) is 0.333. The van der Waals surface area contributed by atoms with Crippen LogP contribution in [0.15, 0.2) is 23.7 Å². The number of hydrogen-bond donors (Lipinski definition) is 1. The Morgan fingerprint density at radius 1 is 1.42 bits per heavy atom. The van der Waals surface area contributed by atoms with Crippen molar-refractivity contribution in [3.8, 4) is 0 Å². The lowest BCUT2D eigenvalue weighted by atomic mass is 10.2. The Balaban J connectivity index is 1.76. The summed E-state index contributed by atoms with van der Waals surface area (Å²) in [5.41, 5.74) is 3.14. The van der Waals surface area contributed by atoms with Crippen LogP contribution in [0.4, 0.5) is 0 Å². The third-order valence-electron chi connectivity index (χ3n) is 3.16. The molecule has 0 bridgehead atoms. The number of hydrogen-bond acceptors (Lipinski definition) is 5. The highest BCUT2D eigenvalue weighted by Gasteiger charge is 2.29. The third kappa shape index (κ3) is 2.62. The third-order valence-corrected chi connectivity index (χ3v) is 5.72. The summed E-state index contributed by atoms with van der Waals surface area (Å²) in [5.74, 6) is -0.0229. The molecular formula is C12H12N2O3S2. The van der Waals surface area contributed by atoms with Crippen molar-refractivity contribution >= 4 is 37.3 Å². The molecule has 3 rings (SSSR count). The standard InChI is InChI=1S/C12H12N2O3S2/c15-12(14-9-3-4-19(16,17)6-9)8-1-2-10-11(5-8)18-7-13-10/h1-2,5,7,9H,3-4,6H2,(H,14,15)/t9-/m1/s1. The van der Waals surface area contributed by atoms with Gasteiger partial charge in [0.2, 0.25) is 0 Å². The monoisotopic (exact) mass is 296 g/mol. The lowest BCUT2D eigenvalue weighted by Crippen LogP contribution is -2.35. The molecule has 1 aromatic carbocycles. The molecule has 0 saturated carbocycles. The van der Waals surface area contributed by atoms with E-state index in [4.69, 9.17) is 0 Å². The molecule has 100 valence electrons. The Labute approximate surface area is 114 Å². The Morgan fingerprint density at radius 2 is 2.26 bits per heavy atom. The molecule has 1 aliphatic rings. The van der Waals surface area contributed by atoms with Crippen LogP contribution in [0.2, 0.25) is 0 Å². The number of carbonyl (C=O) groups is 1. The van der Waals surface area contributed by atoms with E-state index in [1.807, 2.05) is 0 Å². The maximum atomic E-state index is 12.1. The molecular weight excluding hydrogens is 284 g/mol. The number of amides is 1. The molecule has 1 aliphatic heterocycles. The predicted molar refractivity (Wildman–Crippen MR) is 74.1 cm³/mol. The highest BCUT2D eigenvalue weighted by Crippen LogP contribution is 2.19. The Bertz CT molecular complexity index is 736. The van der Waals surface area contributed by atoms with E-state index in [9.17, 15) is 13.2 Å². The van der Waals surface area contributed by atoms with Crippen LogP contribution >= 0.6 is 11.3 Å². The zero-order chi connectivity index (χ0) is 13.5. The minimum Gasteiger partial charge on any atom is -0.348 e. The highest BCUT2D eigenvalue weighted by atomic mass is 32.2. The number of benzene rings is 1. The summed E-state index contributed by atoms with van der Waals surface area (Å²) in [4.78, 5) is 16.2. The van der Waals surface area contributed by atoms with Crippen molar-refractivity contribution in [2.45, 2.75) is 12.5 Å². The first-order valence-corrected chi connectivity index (χ1v) is 8.58. The van der Waals surface area contributed by atoms with Gasteiger partial charge in [0.1, 0.15) is 0 Å². The maximum Gasteiger partial charge on any atom is 0.251 e. The Morgan fingerprint density at radius 3 is 3.00 bits per heavy atom. The summed E-state index contributed by atoms with van der Waals surface area (Å²) in [7, 11) is -2.97. The van der Waals surface area contributed by atoms with Crippen LogP contribution in [0.3, 0.4) is 0 Å². The van der Waals surface area contributed by atoms with Gasteiger partial charge >= 0.3 is 0 Å². The van der Waals surface area contributed by atoms with Crippen molar-refractivity contribution in [1.82, 2.24) is 10.3 Å². The molecule has 1 amide bonds. The van der Waals surface area contributed by atoms with Gasteiger partial charge < -0.3 is 5.32 Å². The van der Waals surface area contributed by atoms with Crippen molar-refractivity contribution in [1.29, 1.82) is 0 Å². The van der Waals surface area contributed by atoms with Crippen LogP contribution in [0.5, 0.6) is 0 Å². The zero-order valence-electron chi connectivity index (χ0n) is 10.00. The number of nitrogens with zero attached hydrogens (tertiary/aromatic N) is 1. The van der Waals surface area contributed by atoms with E-state index in [1.54, 1.807) is 23.7 Å². The van der Waals surface area contributed by atoms with Crippen molar-refractivity contribution < 1.29 is 13.2 Å². The second-order valence-electron chi connectivity index (χ2n) is 4.61. The molecule has 5 nitrogen and oxygen atoms in total. The van der Waals surface area contributed by atoms with Gasteiger partial charge in [-0.1, -0.05) is 0 Å². The molecule has 0 radical (unpaired) electrons. The number of sulfone groups is 1. The van der Waals surface area contributed by atoms with Crippen LogP contribution in [0.1, 0.15) is 16.8 Å². The molecule has 2 heterocycles. The van der Waals surface area contributed by atoms with Gasteiger partial charge in [0.05, 0.1) is 27.2 Å². The topological polar surface area (TPSA) is 76.1 Å². The number of thiazole rings is 1. The van der Waals surface area contributed by atoms with E-state index in [0.717, 1.165) is 10.2 Å². The molecule has 0 unspecified atom stereocenters. The first kappa shape index (κ1) is 12.6. The molecule has 7 heteroatoms. The van der Waals surface area contributed by atoms with E-state index in [-0.39, 0.29) is 23.5 Å². The molecule has 2 aromatic rings. The van der Waals surface area contributed by atoms with Gasteiger partial charge in [-0.05, 0) is 24.6 Å². The fourth-order valence-electron chi connectivity index (χ4n) is 2.17. The molecule has 1 atom stereocenters. The van der Waals surface area contributed by atoms with Crippen molar-refractivity contribution in [2.75, 3.05) is 11.5 Å². The molecule has 1 saturated heterocycles. The second kappa shape index (κ2) is 4.57. The summed E-state index contributed by atoms with van der Waals surface area (Å²) in [6.45, 7) is 0. The van der Waals surface area contributed by atoms with Gasteiger partial charge in [0.25, 0.3) is 5.91 Å². The van der Waals surface area contributed by atoms with Gasteiger partial charge in [0.15, 0.2) is 9.84 Å². The van der Waals surface area contributed by atoms with Crippen LogP contribution < -0.4 is 5.32 Å². The average Bonchev–Trinajstić information content (AvgIpc) is 2.94. The van der Waals surface area contributed by atoms with E-state index in [2.05, 4.69) is 10.3 Å². The van der Waals surface area contributed by atoms with Crippen molar-refractivity contribution in [3.05, 3.63) is 29.3 Å². The predicted octanol–water partition coefficient (Wildman–Crippen LogP) is 1.21. The van der Waals surface area contributed by atoms with Gasteiger partial charge in [-0.25, -0.2) is 13.4 Å². The molecule has 1 aromatic heterocycles. The van der Waals surface area contributed by atoms with E-state index in [1.165, 1.54) is 11.3 Å². The lowest BCUT2D eigenvalue weighted by Gasteiger charge is -2.10. The fourth-order valence-corrected chi connectivity index (χ4v) is 4.56. The molecule has 1 fully saturated rings. The number of aromatic nitrogens is 1. The summed E-state index contributed by atoms with van der Waals surface area (Å²) in [5, 5.41) is 2.77. The Hall–Kier alpha value is -1.47. The van der Waals surface area contributed by atoms with Crippen LogP contribution in [-0.2, 0) is 9.84 Å². The average molecular weight is 296 g/mol. The van der Waals surface area contributed by atoms with E-state index >= 15 is 0 Å². The van der Waals surface area contributed by atoms with Gasteiger partial charge in [-0.3, -0.25) is 4.79 Å². The first-order chi connectivity index (χ1) is 9.03. The lowest BCUT2D eigenvalue weighted by molar-refractivity contribution is 0.0941. The molecule has 1 N–H and O–H groups in total. The van der Waals surface area contributed by atoms with Crippen LogP contribution in [-0.4, -0.2) is 36.9 Å². The molecule has 0 spiro atoms. The van der Waals surface area contributed by atoms with Crippen molar-refractivity contribution in [2.24, 2.45) is 0 Å². The van der Waals surface area contributed by atoms with Gasteiger partial charge in [-0.15, -0.1) is 11.3 Å². The summed E-state index contributed by atoms with van der Waals surface area (Å²) in [6.07, 6.45) is 0.497. The largest absolute Gasteiger partial charge is 0.348 e. The quantitative estimate of drug-likeness (QED) is 0.904. The smallest absolute Gasteiger partial charge is 0.251 e. The van der Waals surface area contributed by atoms with Gasteiger partial charge in [0, 0.05) is 11.6 Å². The SMILES string of the molecule is O=C(N[C@@H]1CCS(=O)(=O)C1)c1ccc2ncsc2c1. The highest BCUT2D eigenvalue weighted by molar-refractivity contribution is 7.91. The number of nitrogens with one attached hydrogen (secondary N) is 1. The number of fused-ring (bicyclic) bond motifs is 1. The second-order valence-corrected chi connectivity index (χ2v) is 7.72. The molecule has 19 heavy (non-hydrogen) atoms. The Kier molecular flexibility index (Phi) is 3.02. The summed E-state index contributed by atoms with van der Waals surface area (Å²) >= 11 is 1.47. The minimum atomic E-state index is -2.97. The number of rotatable bonds is 2. The summed E-state index contributed by atoms with van der Waals surface area (Å²) < 4.78 is 23.6. The normalized spacial score (nSPS) is 21.6. The first-order valence-electron chi connectivity index (χ1n) is 5.88. The molecule has 0 aliphatic carbocycles. The minimum absolute atomic E-state index is 0.0432. The maximum absolute atomic E-state index is 12.1. The van der Waals surface area contributed by atoms with Crippen LogP contribution in [0.25, 0.3) is 10.2 Å². The summed E-state index contributed by atoms with van der Waals surface area (Å²) in [6, 6.07) is 5.02. The van der Waals surface area contributed by atoms with Gasteiger partial charge in [-0.2, -0.15) is 0 Å². The van der Waals surface area contributed by atoms with E-state index < -0.39 is 9.84 Å². The van der Waals surface area contributed by atoms with Crippen LogP contribution in [0, 0.1) is 0 Å². The number of carbonyl (C=O) groups excluding carboxylic acids is 1. The zero-order valence-corrected chi connectivity index (χ0v) is 11.6. The van der Waals surface area contributed by atoms with Crippen molar-refractivity contribution in [3.63, 3.8) is 0 Å². The van der Waals surface area contributed by atoms with E-state index in [0.29, 0.717) is 12.0 Å².